The highest BCUT2D eigenvalue weighted by Crippen LogP contribution is 2.19. The van der Waals surface area contributed by atoms with Crippen molar-refractivity contribution >= 4 is 5.91 Å². The SMILES string of the molecule is CO[C@@H]1COC[C@@H](N(C)C(=O)c2cnn(C)c2C)[C@@H]1O. The summed E-state index contributed by atoms with van der Waals surface area (Å²) >= 11 is 0. The fourth-order valence-corrected chi connectivity index (χ4v) is 2.35. The Labute approximate surface area is 118 Å². The van der Waals surface area contributed by atoms with Gasteiger partial charge >= 0.3 is 0 Å². The summed E-state index contributed by atoms with van der Waals surface area (Å²) < 4.78 is 12.2. The molecule has 20 heavy (non-hydrogen) atoms. The van der Waals surface area contributed by atoms with Gasteiger partial charge < -0.3 is 19.5 Å². The number of ether oxygens (including phenoxy) is 2. The average Bonchev–Trinajstić information content (AvgIpc) is 2.78. The molecule has 3 atom stereocenters. The summed E-state index contributed by atoms with van der Waals surface area (Å²) in [5.41, 5.74) is 1.32. The molecule has 2 rings (SSSR count). The lowest BCUT2D eigenvalue weighted by molar-refractivity contribution is -0.135. The Balaban J connectivity index is 2.16. The molecule has 0 bridgehead atoms. The quantitative estimate of drug-likeness (QED) is 0.815. The maximum atomic E-state index is 12.5. The maximum absolute atomic E-state index is 12.5. The second kappa shape index (κ2) is 5.90. The number of hydrogen-bond donors (Lipinski definition) is 1. The lowest BCUT2D eigenvalue weighted by atomic mass is 10.0. The Hall–Kier alpha value is -1.44. The molecule has 1 aliphatic heterocycles. The van der Waals surface area contributed by atoms with Gasteiger partial charge in [-0.05, 0) is 6.92 Å². The third-order valence-electron chi connectivity index (χ3n) is 3.93. The lowest BCUT2D eigenvalue weighted by Gasteiger charge is -2.38. The molecular weight excluding hydrogens is 262 g/mol. The number of aliphatic hydroxyl groups excluding tert-OH is 1. The van der Waals surface area contributed by atoms with Crippen LogP contribution >= 0.6 is 0 Å². The molecule has 0 saturated carbocycles. The van der Waals surface area contributed by atoms with E-state index in [9.17, 15) is 9.90 Å². The van der Waals surface area contributed by atoms with Crippen molar-refractivity contribution in [2.24, 2.45) is 7.05 Å². The molecule has 1 N–H and O–H groups in total. The first-order valence-electron chi connectivity index (χ1n) is 6.51. The van der Waals surface area contributed by atoms with Gasteiger partial charge in [0.15, 0.2) is 0 Å². The normalized spacial score (nSPS) is 26.6. The molecule has 0 radical (unpaired) electrons. The Morgan fingerprint density at radius 2 is 2.30 bits per heavy atom. The van der Waals surface area contributed by atoms with Gasteiger partial charge in [-0.15, -0.1) is 0 Å². The second-order valence-corrected chi connectivity index (χ2v) is 5.05. The summed E-state index contributed by atoms with van der Waals surface area (Å²) in [5.74, 6) is -0.181. The number of hydrogen-bond acceptors (Lipinski definition) is 5. The maximum Gasteiger partial charge on any atom is 0.257 e. The summed E-state index contributed by atoms with van der Waals surface area (Å²) in [5, 5.41) is 14.3. The minimum absolute atomic E-state index is 0.181. The fraction of sp³-hybridized carbons (Fsp3) is 0.692. The Kier molecular flexibility index (Phi) is 4.42. The number of methoxy groups -OCH3 is 1. The van der Waals surface area contributed by atoms with Crippen molar-refractivity contribution in [2.45, 2.75) is 25.2 Å². The Bertz CT molecular complexity index is 488. The van der Waals surface area contributed by atoms with Crippen molar-refractivity contribution in [2.75, 3.05) is 27.4 Å². The van der Waals surface area contributed by atoms with E-state index >= 15 is 0 Å². The third-order valence-corrected chi connectivity index (χ3v) is 3.93. The van der Waals surface area contributed by atoms with E-state index in [1.165, 1.54) is 18.2 Å². The summed E-state index contributed by atoms with van der Waals surface area (Å²) in [4.78, 5) is 14.0. The molecule has 2 heterocycles. The van der Waals surface area contributed by atoms with E-state index in [1.807, 2.05) is 6.92 Å². The zero-order valence-electron chi connectivity index (χ0n) is 12.2. The molecule has 1 saturated heterocycles. The van der Waals surface area contributed by atoms with Crippen molar-refractivity contribution in [1.29, 1.82) is 0 Å². The number of likely N-dealkylation sites (N-methyl/N-ethyl adjacent to an activating group) is 1. The van der Waals surface area contributed by atoms with Crippen LogP contribution in [0, 0.1) is 6.92 Å². The molecule has 7 heteroatoms. The van der Waals surface area contributed by atoms with Crippen LogP contribution in [0.3, 0.4) is 0 Å². The first-order valence-corrected chi connectivity index (χ1v) is 6.51. The topological polar surface area (TPSA) is 76.8 Å². The number of carbonyl (C=O) groups excluding carboxylic acids is 1. The van der Waals surface area contributed by atoms with Crippen molar-refractivity contribution in [3.05, 3.63) is 17.5 Å². The van der Waals surface area contributed by atoms with E-state index in [4.69, 9.17) is 9.47 Å². The molecule has 0 spiro atoms. The minimum atomic E-state index is -0.764. The molecule has 7 nitrogen and oxygen atoms in total. The lowest BCUT2D eigenvalue weighted by Crippen LogP contribution is -2.56. The third kappa shape index (κ3) is 2.56. The van der Waals surface area contributed by atoms with Gasteiger partial charge in [-0.1, -0.05) is 0 Å². The van der Waals surface area contributed by atoms with Crippen LogP contribution in [0.15, 0.2) is 6.20 Å². The van der Waals surface area contributed by atoms with Crippen LogP contribution in [0.5, 0.6) is 0 Å². The van der Waals surface area contributed by atoms with E-state index in [2.05, 4.69) is 5.10 Å². The number of aliphatic hydroxyl groups is 1. The largest absolute Gasteiger partial charge is 0.388 e. The van der Waals surface area contributed by atoms with Crippen LogP contribution in [-0.2, 0) is 16.5 Å². The van der Waals surface area contributed by atoms with Gasteiger partial charge in [-0.3, -0.25) is 9.48 Å². The summed E-state index contributed by atoms with van der Waals surface area (Å²) in [6.07, 6.45) is 0.358. The van der Waals surface area contributed by atoms with Crippen molar-refractivity contribution in [3.63, 3.8) is 0 Å². The van der Waals surface area contributed by atoms with Crippen LogP contribution in [0.25, 0.3) is 0 Å². The first-order chi connectivity index (χ1) is 9.47. The highest BCUT2D eigenvalue weighted by atomic mass is 16.5. The van der Waals surface area contributed by atoms with Gasteiger partial charge in [0.05, 0.1) is 31.0 Å². The van der Waals surface area contributed by atoms with Gasteiger partial charge in [0.25, 0.3) is 5.91 Å². The van der Waals surface area contributed by atoms with E-state index in [-0.39, 0.29) is 5.91 Å². The van der Waals surface area contributed by atoms with Gasteiger partial charge in [0.1, 0.15) is 12.2 Å². The average molecular weight is 283 g/mol. The van der Waals surface area contributed by atoms with Crippen LogP contribution in [0.2, 0.25) is 0 Å². The van der Waals surface area contributed by atoms with E-state index in [0.717, 1.165) is 5.69 Å². The number of aromatic nitrogens is 2. The Morgan fingerprint density at radius 1 is 1.60 bits per heavy atom. The number of amides is 1. The van der Waals surface area contributed by atoms with E-state index in [0.29, 0.717) is 18.8 Å². The van der Waals surface area contributed by atoms with Gasteiger partial charge in [0, 0.05) is 26.9 Å². The fourth-order valence-electron chi connectivity index (χ4n) is 2.35. The summed E-state index contributed by atoms with van der Waals surface area (Å²) in [6.45, 7) is 2.46. The second-order valence-electron chi connectivity index (χ2n) is 5.05. The highest BCUT2D eigenvalue weighted by molar-refractivity contribution is 5.95. The standard InChI is InChI=1S/C13H21N3O4/c1-8-9(5-14-16(8)3)13(18)15(2)10-6-20-7-11(19-4)12(10)17/h5,10-12,17H,6-7H2,1-4H3/t10-,11-,12+/m1/s1. The molecule has 1 aromatic heterocycles. The number of nitrogens with zero attached hydrogens (tertiary/aromatic N) is 3. The zero-order valence-corrected chi connectivity index (χ0v) is 12.2. The molecule has 0 unspecified atom stereocenters. The number of rotatable bonds is 3. The first kappa shape index (κ1) is 15.0. The number of carbonyl (C=O) groups is 1. The van der Waals surface area contributed by atoms with Crippen LogP contribution in [-0.4, -0.2) is 71.3 Å². The molecule has 1 amide bonds. The summed E-state index contributed by atoms with van der Waals surface area (Å²) in [6, 6.07) is -0.430. The van der Waals surface area contributed by atoms with Crippen molar-refractivity contribution < 1.29 is 19.4 Å². The summed E-state index contributed by atoms with van der Waals surface area (Å²) in [7, 11) is 4.96. The van der Waals surface area contributed by atoms with E-state index in [1.54, 1.807) is 18.8 Å². The van der Waals surface area contributed by atoms with Crippen molar-refractivity contribution in [3.8, 4) is 0 Å². The monoisotopic (exact) mass is 283 g/mol. The van der Waals surface area contributed by atoms with Crippen LogP contribution in [0.4, 0.5) is 0 Å². The smallest absolute Gasteiger partial charge is 0.257 e. The van der Waals surface area contributed by atoms with Crippen LogP contribution < -0.4 is 0 Å². The zero-order chi connectivity index (χ0) is 14.9. The predicted octanol–water partition coefficient (Wildman–Crippen LogP) is -0.425. The molecule has 112 valence electrons. The molecule has 0 aromatic carbocycles. The van der Waals surface area contributed by atoms with Gasteiger partial charge in [-0.2, -0.15) is 5.10 Å². The number of aryl methyl sites for hydroxylation is 1. The molecule has 1 aromatic rings. The van der Waals surface area contributed by atoms with Gasteiger partial charge in [0.2, 0.25) is 0 Å². The molecular formula is C13H21N3O4. The highest BCUT2D eigenvalue weighted by Gasteiger charge is 2.37. The molecule has 1 fully saturated rings. The molecule has 1 aliphatic rings. The van der Waals surface area contributed by atoms with Crippen molar-refractivity contribution in [1.82, 2.24) is 14.7 Å². The van der Waals surface area contributed by atoms with Gasteiger partial charge in [-0.25, -0.2) is 0 Å². The predicted molar refractivity (Wildman–Crippen MR) is 71.4 cm³/mol. The van der Waals surface area contributed by atoms with Crippen LogP contribution in [0.1, 0.15) is 16.1 Å². The Morgan fingerprint density at radius 3 is 2.85 bits per heavy atom. The van der Waals surface area contributed by atoms with E-state index < -0.39 is 18.2 Å². The minimum Gasteiger partial charge on any atom is -0.388 e. The molecule has 0 aliphatic carbocycles.